The van der Waals surface area contributed by atoms with Gasteiger partial charge in [-0.15, -0.1) is 0 Å². The van der Waals surface area contributed by atoms with Crippen molar-refractivity contribution >= 4 is 5.91 Å². The molecule has 5 heteroatoms. The smallest absolute Gasteiger partial charge is 0.268 e. The summed E-state index contributed by atoms with van der Waals surface area (Å²) in [5, 5.41) is 2.94. The number of amides is 1. The Morgan fingerprint density at radius 1 is 1.24 bits per heavy atom. The van der Waals surface area contributed by atoms with Gasteiger partial charge >= 0.3 is 0 Å². The molecule has 0 saturated carbocycles. The molecule has 0 unspecified atom stereocenters. The summed E-state index contributed by atoms with van der Waals surface area (Å²) in [6.45, 7) is 2.18. The molecule has 1 heterocycles. The Kier molecular flexibility index (Phi) is 5.54. The van der Waals surface area contributed by atoms with E-state index in [0.29, 0.717) is 31.9 Å². The van der Waals surface area contributed by atoms with Gasteiger partial charge in [0.1, 0.15) is 5.69 Å². The van der Waals surface area contributed by atoms with Gasteiger partial charge in [-0.05, 0) is 23.3 Å². The first-order valence-electron chi connectivity index (χ1n) is 6.95. The third kappa shape index (κ3) is 3.93. The van der Waals surface area contributed by atoms with Gasteiger partial charge in [0.15, 0.2) is 0 Å². The predicted molar refractivity (Wildman–Crippen MR) is 81.8 cm³/mol. The second-order valence-electron chi connectivity index (χ2n) is 4.74. The van der Waals surface area contributed by atoms with Crippen LogP contribution in [0.1, 0.15) is 21.6 Å². The Morgan fingerprint density at radius 2 is 2.00 bits per heavy atom. The highest BCUT2D eigenvalue weighted by atomic mass is 16.5. The van der Waals surface area contributed by atoms with E-state index in [0.717, 1.165) is 11.1 Å². The SMILES string of the molecule is COCCn1cccc1C(=O)NCc1ccccc1CN. The topological polar surface area (TPSA) is 69.3 Å². The molecule has 1 aromatic carbocycles. The molecule has 2 aromatic rings. The van der Waals surface area contributed by atoms with Crippen LogP contribution in [0.3, 0.4) is 0 Å². The zero-order valence-electron chi connectivity index (χ0n) is 12.2. The molecule has 5 nitrogen and oxygen atoms in total. The van der Waals surface area contributed by atoms with E-state index >= 15 is 0 Å². The zero-order valence-corrected chi connectivity index (χ0v) is 12.2. The maximum atomic E-state index is 12.3. The number of nitrogens with one attached hydrogen (secondary N) is 1. The van der Waals surface area contributed by atoms with Gasteiger partial charge in [0.05, 0.1) is 6.61 Å². The average Bonchev–Trinajstić information content (AvgIpc) is 2.99. The molecule has 0 atom stereocenters. The minimum Gasteiger partial charge on any atom is -0.383 e. The quantitative estimate of drug-likeness (QED) is 0.811. The monoisotopic (exact) mass is 287 g/mol. The Hall–Kier alpha value is -2.11. The van der Waals surface area contributed by atoms with Crippen molar-refractivity contribution in [3.8, 4) is 0 Å². The molecule has 0 aliphatic rings. The standard InChI is InChI=1S/C16H21N3O2/c1-21-10-9-19-8-4-7-15(19)16(20)18-12-14-6-3-2-5-13(14)11-17/h2-8H,9-12,17H2,1H3,(H,18,20). The summed E-state index contributed by atoms with van der Waals surface area (Å²) in [5.74, 6) is -0.0945. The first kappa shape index (κ1) is 15.3. The normalized spacial score (nSPS) is 10.6. The van der Waals surface area contributed by atoms with Gasteiger partial charge in [-0.2, -0.15) is 0 Å². The fourth-order valence-corrected chi connectivity index (χ4v) is 2.20. The van der Waals surface area contributed by atoms with Crippen LogP contribution in [-0.2, 0) is 24.4 Å². The number of methoxy groups -OCH3 is 1. The molecule has 0 spiro atoms. The Labute approximate surface area is 124 Å². The summed E-state index contributed by atoms with van der Waals surface area (Å²) < 4.78 is 6.93. The second kappa shape index (κ2) is 7.61. The van der Waals surface area contributed by atoms with Crippen molar-refractivity contribution in [3.05, 3.63) is 59.4 Å². The number of nitrogens with two attached hydrogens (primary N) is 1. The number of carbonyl (C=O) groups is 1. The summed E-state index contributed by atoms with van der Waals surface area (Å²) in [5.41, 5.74) is 8.43. The van der Waals surface area contributed by atoms with Crippen LogP contribution >= 0.6 is 0 Å². The van der Waals surface area contributed by atoms with Crippen LogP contribution in [0.2, 0.25) is 0 Å². The fourth-order valence-electron chi connectivity index (χ4n) is 2.20. The van der Waals surface area contributed by atoms with Crippen molar-refractivity contribution in [2.45, 2.75) is 19.6 Å². The van der Waals surface area contributed by atoms with E-state index in [1.807, 2.05) is 41.1 Å². The minimum atomic E-state index is -0.0945. The molecule has 112 valence electrons. The van der Waals surface area contributed by atoms with E-state index in [1.165, 1.54) is 0 Å². The van der Waals surface area contributed by atoms with Gasteiger partial charge < -0.3 is 20.4 Å². The number of benzene rings is 1. The van der Waals surface area contributed by atoms with Crippen molar-refractivity contribution < 1.29 is 9.53 Å². The van der Waals surface area contributed by atoms with Crippen LogP contribution in [0.15, 0.2) is 42.6 Å². The van der Waals surface area contributed by atoms with E-state index in [-0.39, 0.29) is 5.91 Å². The van der Waals surface area contributed by atoms with Crippen molar-refractivity contribution in [1.29, 1.82) is 0 Å². The summed E-state index contributed by atoms with van der Waals surface area (Å²) in [6.07, 6.45) is 1.88. The van der Waals surface area contributed by atoms with Crippen molar-refractivity contribution in [3.63, 3.8) is 0 Å². The van der Waals surface area contributed by atoms with E-state index in [2.05, 4.69) is 5.32 Å². The summed E-state index contributed by atoms with van der Waals surface area (Å²) in [6, 6.07) is 11.5. The first-order chi connectivity index (χ1) is 10.3. The van der Waals surface area contributed by atoms with Crippen LogP contribution in [0.4, 0.5) is 0 Å². The first-order valence-corrected chi connectivity index (χ1v) is 6.95. The predicted octanol–water partition coefficient (Wildman–Crippen LogP) is 1.52. The van der Waals surface area contributed by atoms with E-state index < -0.39 is 0 Å². The lowest BCUT2D eigenvalue weighted by Crippen LogP contribution is -2.26. The lowest BCUT2D eigenvalue weighted by atomic mass is 10.1. The van der Waals surface area contributed by atoms with Crippen molar-refractivity contribution in [2.75, 3.05) is 13.7 Å². The highest BCUT2D eigenvalue weighted by Crippen LogP contribution is 2.08. The van der Waals surface area contributed by atoms with Gasteiger partial charge in [0.25, 0.3) is 5.91 Å². The molecule has 0 aliphatic carbocycles. The largest absolute Gasteiger partial charge is 0.383 e. The van der Waals surface area contributed by atoms with E-state index in [1.54, 1.807) is 13.2 Å². The molecular weight excluding hydrogens is 266 g/mol. The van der Waals surface area contributed by atoms with E-state index in [4.69, 9.17) is 10.5 Å². The van der Waals surface area contributed by atoms with Crippen LogP contribution in [0.5, 0.6) is 0 Å². The molecule has 0 radical (unpaired) electrons. The second-order valence-corrected chi connectivity index (χ2v) is 4.74. The van der Waals surface area contributed by atoms with Crippen LogP contribution < -0.4 is 11.1 Å². The molecule has 1 aromatic heterocycles. The Morgan fingerprint density at radius 3 is 2.71 bits per heavy atom. The Bertz CT molecular complexity index is 593. The van der Waals surface area contributed by atoms with Gasteiger partial charge in [-0.3, -0.25) is 4.79 Å². The molecule has 3 N–H and O–H groups in total. The van der Waals surface area contributed by atoms with Gasteiger partial charge in [0.2, 0.25) is 0 Å². The molecule has 0 aliphatic heterocycles. The van der Waals surface area contributed by atoms with Crippen LogP contribution in [0.25, 0.3) is 0 Å². The number of ether oxygens (including phenoxy) is 1. The summed E-state index contributed by atoms with van der Waals surface area (Å²) in [7, 11) is 1.65. The molecule has 0 fully saturated rings. The van der Waals surface area contributed by atoms with Crippen molar-refractivity contribution in [2.24, 2.45) is 5.73 Å². The lowest BCUT2D eigenvalue weighted by Gasteiger charge is -2.11. The third-order valence-electron chi connectivity index (χ3n) is 3.38. The lowest BCUT2D eigenvalue weighted by molar-refractivity contribution is 0.0939. The number of hydrogen-bond acceptors (Lipinski definition) is 3. The summed E-state index contributed by atoms with van der Waals surface area (Å²) in [4.78, 5) is 12.3. The molecule has 2 rings (SSSR count). The van der Waals surface area contributed by atoms with Crippen molar-refractivity contribution in [1.82, 2.24) is 9.88 Å². The number of aromatic nitrogens is 1. The number of carbonyl (C=O) groups excluding carboxylic acids is 1. The van der Waals surface area contributed by atoms with Gasteiger partial charge in [0, 0.05) is 32.9 Å². The number of nitrogens with zero attached hydrogens (tertiary/aromatic N) is 1. The molecule has 21 heavy (non-hydrogen) atoms. The van der Waals surface area contributed by atoms with Crippen LogP contribution in [0, 0.1) is 0 Å². The van der Waals surface area contributed by atoms with Gasteiger partial charge in [-0.25, -0.2) is 0 Å². The van der Waals surface area contributed by atoms with E-state index in [9.17, 15) is 4.79 Å². The highest BCUT2D eigenvalue weighted by molar-refractivity contribution is 5.92. The summed E-state index contributed by atoms with van der Waals surface area (Å²) >= 11 is 0. The molecule has 0 bridgehead atoms. The number of rotatable bonds is 7. The Balaban J connectivity index is 2.00. The highest BCUT2D eigenvalue weighted by Gasteiger charge is 2.10. The average molecular weight is 287 g/mol. The molecular formula is C16H21N3O2. The molecule has 0 saturated heterocycles. The zero-order chi connectivity index (χ0) is 15.1. The molecule has 1 amide bonds. The minimum absolute atomic E-state index is 0.0945. The maximum Gasteiger partial charge on any atom is 0.268 e. The van der Waals surface area contributed by atoms with Crippen LogP contribution in [-0.4, -0.2) is 24.2 Å². The van der Waals surface area contributed by atoms with Gasteiger partial charge in [-0.1, -0.05) is 24.3 Å². The maximum absolute atomic E-state index is 12.3. The fraction of sp³-hybridized carbons (Fsp3) is 0.312. The number of hydrogen-bond donors (Lipinski definition) is 2. The third-order valence-corrected chi connectivity index (χ3v) is 3.38.